The quantitative estimate of drug-likeness (QED) is 0.117. The molecule has 0 spiro atoms. The van der Waals surface area contributed by atoms with Crippen molar-refractivity contribution < 1.29 is 19.2 Å². The molecule has 0 aromatic heterocycles. The van der Waals surface area contributed by atoms with Gasteiger partial charge in [-0.05, 0) is 0 Å². The van der Waals surface area contributed by atoms with E-state index in [1.807, 2.05) is 0 Å². The Morgan fingerprint density at radius 3 is 1.28 bits per heavy atom. The molecule has 6 rings (SSSR count). The molecule has 0 radical (unpaired) electrons. The van der Waals surface area contributed by atoms with E-state index in [2.05, 4.69) is 136 Å². The first-order chi connectivity index (χ1) is 19.1. The fourth-order valence-corrected chi connectivity index (χ4v) is 11.6. The van der Waals surface area contributed by atoms with Crippen LogP contribution in [-0.2, 0) is 19.2 Å². The van der Waals surface area contributed by atoms with Crippen LogP contribution in [0.25, 0.3) is 10.6 Å². The second-order valence-corrected chi connectivity index (χ2v) is 14.8. The number of rotatable bonds is 7. The molecule has 0 saturated carbocycles. The van der Waals surface area contributed by atoms with Crippen LogP contribution in [-0.4, -0.2) is 0 Å². The molecule has 0 N–H and O–H groups in total. The maximum atomic E-state index is 3.36. The zero-order valence-electron chi connectivity index (χ0n) is 22.6. The molecule has 0 nitrogen and oxygen atoms in total. The van der Waals surface area contributed by atoms with E-state index in [-0.39, 0.29) is 19.2 Å². The molecule has 39 heavy (non-hydrogen) atoms. The van der Waals surface area contributed by atoms with Crippen molar-refractivity contribution in [1.29, 1.82) is 0 Å². The van der Waals surface area contributed by atoms with Crippen LogP contribution in [0.4, 0.5) is 0 Å². The molecule has 0 amide bonds. The second-order valence-electron chi connectivity index (χ2n) is 9.78. The summed E-state index contributed by atoms with van der Waals surface area (Å²) in [6.07, 6.45) is 3.28. The van der Waals surface area contributed by atoms with E-state index in [1.54, 1.807) is 45.1 Å². The van der Waals surface area contributed by atoms with Gasteiger partial charge in [-0.25, -0.2) is 0 Å². The standard InChI is InChI=1S/2C16H14P.C4H6.Ti/c2*1-12-11-13-7-5-6-10-15(13)16(12)17-14-8-3-2-4-9-14;1-3-4-2;/h2*2-11,17H,1H3;3-4H,1-2H2;. The molecule has 4 aromatic rings. The number of fused-ring (bicyclic) bond motifs is 2. The van der Waals surface area contributed by atoms with Crippen LogP contribution in [0, 0.1) is 0 Å². The van der Waals surface area contributed by atoms with Gasteiger partial charge >= 0.3 is 222 Å². The summed E-state index contributed by atoms with van der Waals surface area (Å²) in [6, 6.07) is 40.5. The third kappa shape index (κ3) is 6.11. The minimum absolute atomic E-state index is 0.332. The average molecular weight is 576 g/mol. The van der Waals surface area contributed by atoms with Crippen molar-refractivity contribution in [3.05, 3.63) is 168 Å². The monoisotopic (exact) mass is 576 g/mol. The van der Waals surface area contributed by atoms with Crippen LogP contribution in [0.15, 0.2) is 146 Å². The number of allylic oxidation sites excluding steroid dienone is 4. The van der Waals surface area contributed by atoms with Gasteiger partial charge in [0, 0.05) is 0 Å². The summed E-state index contributed by atoms with van der Waals surface area (Å²) in [5, 5.41) is 6.04. The number of hydrogen-bond acceptors (Lipinski definition) is 0. The van der Waals surface area contributed by atoms with Crippen LogP contribution >= 0.6 is 17.2 Å². The van der Waals surface area contributed by atoms with E-state index >= 15 is 0 Å². The molecule has 0 fully saturated rings. The van der Waals surface area contributed by atoms with E-state index in [1.165, 1.54) is 21.7 Å². The van der Waals surface area contributed by atoms with Gasteiger partial charge in [0.05, 0.1) is 0 Å². The Kier molecular flexibility index (Phi) is 9.45. The van der Waals surface area contributed by atoms with Gasteiger partial charge in [0.2, 0.25) is 0 Å². The van der Waals surface area contributed by atoms with Gasteiger partial charge < -0.3 is 0 Å². The first-order valence-electron chi connectivity index (χ1n) is 13.4. The normalized spacial score (nSPS) is 17.8. The van der Waals surface area contributed by atoms with Gasteiger partial charge in [0.25, 0.3) is 0 Å². The van der Waals surface area contributed by atoms with Crippen molar-refractivity contribution in [2.75, 3.05) is 0 Å². The molecule has 0 aliphatic heterocycles. The Morgan fingerprint density at radius 2 is 0.897 bits per heavy atom. The van der Waals surface area contributed by atoms with Gasteiger partial charge in [-0.1, -0.05) is 25.3 Å². The van der Waals surface area contributed by atoms with E-state index in [0.717, 1.165) is 17.2 Å². The van der Waals surface area contributed by atoms with E-state index in [4.69, 9.17) is 0 Å². The predicted octanol–water partition coefficient (Wildman–Crippen LogP) is 9.41. The third-order valence-electron chi connectivity index (χ3n) is 7.32. The Balaban J connectivity index is 0.000000723. The van der Waals surface area contributed by atoms with Gasteiger partial charge in [-0.3, -0.25) is 0 Å². The van der Waals surface area contributed by atoms with Gasteiger partial charge in [0.1, 0.15) is 0 Å². The summed E-state index contributed by atoms with van der Waals surface area (Å²) in [6.45, 7) is 11.6. The van der Waals surface area contributed by atoms with Crippen LogP contribution in [0.5, 0.6) is 0 Å². The summed E-state index contributed by atoms with van der Waals surface area (Å²) in [4.78, 5) is 0. The molecular formula is C36H34P2Ti. The molecule has 0 heterocycles. The fourth-order valence-electron chi connectivity index (χ4n) is 5.39. The van der Waals surface area contributed by atoms with E-state index < -0.39 is 0 Å². The van der Waals surface area contributed by atoms with Crippen molar-refractivity contribution in [3.8, 4) is 0 Å². The average Bonchev–Trinajstić information content (AvgIpc) is 3.40. The first kappa shape index (κ1) is 28.0. The van der Waals surface area contributed by atoms with Crippen LogP contribution in [0.3, 0.4) is 0 Å². The van der Waals surface area contributed by atoms with E-state index in [9.17, 15) is 0 Å². The summed E-state index contributed by atoms with van der Waals surface area (Å²) in [5.41, 5.74) is 9.40. The van der Waals surface area contributed by atoms with Crippen molar-refractivity contribution in [2.45, 2.75) is 22.3 Å². The number of hydrogen-bond donors (Lipinski definition) is 0. The minimum atomic E-state index is -0.332. The van der Waals surface area contributed by atoms with Crippen LogP contribution < -0.4 is 10.6 Å². The number of benzene rings is 4. The predicted molar refractivity (Wildman–Crippen MR) is 173 cm³/mol. The molecule has 3 heteroatoms. The Morgan fingerprint density at radius 1 is 0.538 bits per heavy atom. The second kappa shape index (κ2) is 13.2. The summed E-state index contributed by atoms with van der Waals surface area (Å²) in [5.74, 6) is 0. The summed E-state index contributed by atoms with van der Waals surface area (Å²) in [7, 11) is 1.45. The SMILES string of the molecule is C=CC=C.CC1=C(Pc2ccccc2)c2ccccc2[CH]1[Ti][CH]1C(C)=C(Pc2ccccc2)c2ccccc21. The van der Waals surface area contributed by atoms with E-state index in [0.29, 0.717) is 8.45 Å². The van der Waals surface area contributed by atoms with Crippen molar-refractivity contribution in [1.82, 2.24) is 0 Å². The Labute approximate surface area is 246 Å². The molecule has 192 valence electrons. The summed E-state index contributed by atoms with van der Waals surface area (Å²) >= 11 is -0.332. The Hall–Kier alpha value is -2.59. The first-order valence-corrected chi connectivity index (χ1v) is 17.2. The molecule has 4 unspecified atom stereocenters. The van der Waals surface area contributed by atoms with Crippen molar-refractivity contribution >= 4 is 38.4 Å². The Bertz CT molecular complexity index is 1420. The zero-order valence-corrected chi connectivity index (χ0v) is 26.2. The van der Waals surface area contributed by atoms with Crippen molar-refractivity contribution in [2.24, 2.45) is 0 Å². The molecule has 4 atom stereocenters. The molecule has 2 aliphatic rings. The fraction of sp³-hybridized carbons (Fsp3) is 0.111. The third-order valence-corrected chi connectivity index (χ3v) is 13.8. The molecular weight excluding hydrogens is 542 g/mol. The van der Waals surface area contributed by atoms with Crippen LogP contribution in [0.1, 0.15) is 44.5 Å². The van der Waals surface area contributed by atoms with Gasteiger partial charge in [-0.2, -0.15) is 0 Å². The maximum absolute atomic E-state index is 3.36. The summed E-state index contributed by atoms with van der Waals surface area (Å²) < 4.78 is 1.20. The zero-order chi connectivity index (χ0) is 27.2. The molecule has 4 aromatic carbocycles. The molecule has 0 saturated heterocycles. The topological polar surface area (TPSA) is 0 Å². The van der Waals surface area contributed by atoms with Gasteiger partial charge in [-0.15, -0.1) is 0 Å². The van der Waals surface area contributed by atoms with Gasteiger partial charge in [0.15, 0.2) is 0 Å². The molecule has 2 aliphatic carbocycles. The van der Waals surface area contributed by atoms with Crippen LogP contribution in [0.2, 0.25) is 0 Å². The van der Waals surface area contributed by atoms with Crippen molar-refractivity contribution in [3.63, 3.8) is 0 Å². The molecule has 0 bridgehead atoms.